The Labute approximate surface area is 112 Å². The van der Waals surface area contributed by atoms with Gasteiger partial charge in [0, 0.05) is 19.8 Å². The Morgan fingerprint density at radius 2 is 1.84 bits per heavy atom. The van der Waals surface area contributed by atoms with E-state index in [2.05, 4.69) is 16.8 Å². The number of rotatable bonds is 1. The maximum absolute atomic E-state index is 12.5. The minimum Gasteiger partial charge on any atom is -0.324 e. The zero-order chi connectivity index (χ0) is 13.4. The fraction of sp³-hybridized carbons (Fsp3) is 0.200. The Kier molecular flexibility index (Phi) is 2.71. The fourth-order valence-corrected chi connectivity index (χ4v) is 2.48. The predicted molar refractivity (Wildman–Crippen MR) is 76.1 cm³/mol. The largest absolute Gasteiger partial charge is 0.324 e. The average Bonchev–Trinajstić information content (AvgIpc) is 2.55. The van der Waals surface area contributed by atoms with Crippen LogP contribution in [0.25, 0.3) is 0 Å². The van der Waals surface area contributed by atoms with Crippen molar-refractivity contribution in [3.8, 4) is 0 Å². The zero-order valence-corrected chi connectivity index (χ0v) is 11.0. The molecule has 0 N–H and O–H groups in total. The third-order valence-corrected chi connectivity index (χ3v) is 3.43. The molecule has 19 heavy (non-hydrogen) atoms. The predicted octanol–water partition coefficient (Wildman–Crippen LogP) is 2.83. The van der Waals surface area contributed by atoms with Crippen molar-refractivity contribution in [2.45, 2.75) is 6.92 Å². The normalized spacial score (nSPS) is 13.9. The molecule has 0 spiro atoms. The maximum Gasteiger partial charge on any atom is 0.261 e. The van der Waals surface area contributed by atoms with E-state index in [4.69, 9.17) is 0 Å². The topological polar surface area (TPSA) is 36.4 Å². The van der Waals surface area contributed by atoms with E-state index >= 15 is 0 Å². The van der Waals surface area contributed by atoms with E-state index in [0.29, 0.717) is 5.56 Å². The summed E-state index contributed by atoms with van der Waals surface area (Å²) in [6.07, 6.45) is 1.72. The van der Waals surface area contributed by atoms with Crippen LogP contribution in [0.3, 0.4) is 0 Å². The minimum atomic E-state index is -0.0218. The van der Waals surface area contributed by atoms with Crippen LogP contribution in [0.4, 0.5) is 17.2 Å². The number of pyridine rings is 1. The van der Waals surface area contributed by atoms with Crippen LogP contribution in [0, 0.1) is 0 Å². The van der Waals surface area contributed by atoms with Gasteiger partial charge in [0.1, 0.15) is 5.82 Å². The van der Waals surface area contributed by atoms with E-state index in [-0.39, 0.29) is 5.91 Å². The number of amides is 1. The molecule has 0 saturated heterocycles. The number of fused-ring (bicyclic) bond motifs is 2. The van der Waals surface area contributed by atoms with E-state index in [0.717, 1.165) is 23.7 Å². The fourth-order valence-electron chi connectivity index (χ4n) is 2.48. The van der Waals surface area contributed by atoms with E-state index in [9.17, 15) is 4.79 Å². The van der Waals surface area contributed by atoms with Gasteiger partial charge >= 0.3 is 0 Å². The molecule has 0 saturated carbocycles. The quantitative estimate of drug-likeness (QED) is 0.784. The first-order valence-electron chi connectivity index (χ1n) is 6.33. The lowest BCUT2D eigenvalue weighted by Crippen LogP contribution is -2.25. The molecule has 0 unspecified atom stereocenters. The second-order valence-corrected chi connectivity index (χ2v) is 4.47. The van der Waals surface area contributed by atoms with Crippen LogP contribution in [0.1, 0.15) is 17.3 Å². The molecule has 1 aromatic carbocycles. The summed E-state index contributed by atoms with van der Waals surface area (Å²) in [6.45, 7) is 2.83. The molecule has 0 atom stereocenters. The summed E-state index contributed by atoms with van der Waals surface area (Å²) < 4.78 is 0. The molecule has 0 aliphatic carbocycles. The van der Waals surface area contributed by atoms with Gasteiger partial charge in [-0.2, -0.15) is 0 Å². The first kappa shape index (κ1) is 11.7. The number of carbonyl (C=O) groups excluding carboxylic acids is 1. The highest BCUT2D eigenvalue weighted by molar-refractivity contribution is 6.12. The number of para-hydroxylation sites is 2. The number of nitrogens with zero attached hydrogens (tertiary/aromatic N) is 3. The molecule has 0 bridgehead atoms. The molecule has 1 aliphatic rings. The SMILES string of the molecule is CCN1c2ccccc2N(C)C(=O)c2cccnc21. The van der Waals surface area contributed by atoms with Crippen molar-refractivity contribution in [2.75, 3.05) is 23.4 Å². The molecule has 1 aromatic heterocycles. The Balaban J connectivity index is 2.31. The van der Waals surface area contributed by atoms with Gasteiger partial charge in [-0.25, -0.2) is 4.98 Å². The van der Waals surface area contributed by atoms with Crippen LogP contribution in [-0.4, -0.2) is 24.5 Å². The lowest BCUT2D eigenvalue weighted by molar-refractivity contribution is 0.0994. The van der Waals surface area contributed by atoms with Gasteiger partial charge in [-0.05, 0) is 31.2 Å². The molecular weight excluding hydrogens is 238 g/mol. The van der Waals surface area contributed by atoms with Crippen LogP contribution in [-0.2, 0) is 0 Å². The molecule has 1 aliphatic heterocycles. The summed E-state index contributed by atoms with van der Waals surface area (Å²) in [7, 11) is 1.80. The van der Waals surface area contributed by atoms with Gasteiger partial charge in [0.25, 0.3) is 5.91 Å². The standard InChI is InChI=1S/C15H15N3O/c1-3-18-13-9-5-4-8-12(13)17(2)15(19)11-7-6-10-16-14(11)18/h4-10H,3H2,1-2H3. The van der Waals surface area contributed by atoms with Crippen molar-refractivity contribution >= 4 is 23.1 Å². The highest BCUT2D eigenvalue weighted by atomic mass is 16.2. The zero-order valence-electron chi connectivity index (χ0n) is 11.0. The molecule has 4 heteroatoms. The van der Waals surface area contributed by atoms with Crippen molar-refractivity contribution in [1.82, 2.24) is 4.98 Å². The lowest BCUT2D eigenvalue weighted by Gasteiger charge is -2.23. The number of anilines is 3. The molecule has 0 radical (unpaired) electrons. The van der Waals surface area contributed by atoms with Crippen LogP contribution in [0.15, 0.2) is 42.6 Å². The smallest absolute Gasteiger partial charge is 0.261 e. The van der Waals surface area contributed by atoms with E-state index < -0.39 is 0 Å². The lowest BCUT2D eigenvalue weighted by atomic mass is 10.2. The molecule has 4 nitrogen and oxygen atoms in total. The maximum atomic E-state index is 12.5. The van der Waals surface area contributed by atoms with E-state index in [1.165, 1.54) is 0 Å². The third-order valence-electron chi connectivity index (χ3n) is 3.43. The summed E-state index contributed by atoms with van der Waals surface area (Å²) >= 11 is 0. The van der Waals surface area contributed by atoms with Gasteiger partial charge < -0.3 is 9.80 Å². The van der Waals surface area contributed by atoms with Gasteiger partial charge in [-0.15, -0.1) is 0 Å². The molecule has 1 amide bonds. The molecule has 3 rings (SSSR count). The summed E-state index contributed by atoms with van der Waals surface area (Å²) in [4.78, 5) is 20.7. The van der Waals surface area contributed by atoms with Gasteiger partial charge in [0.15, 0.2) is 0 Å². The van der Waals surface area contributed by atoms with Crippen molar-refractivity contribution in [1.29, 1.82) is 0 Å². The summed E-state index contributed by atoms with van der Waals surface area (Å²) in [5, 5.41) is 0. The van der Waals surface area contributed by atoms with Gasteiger partial charge in [0.05, 0.1) is 16.9 Å². The first-order chi connectivity index (χ1) is 9.24. The van der Waals surface area contributed by atoms with Crippen LogP contribution < -0.4 is 9.80 Å². The Hall–Kier alpha value is -2.36. The number of carbonyl (C=O) groups is 1. The van der Waals surface area contributed by atoms with Crippen LogP contribution in [0.5, 0.6) is 0 Å². The molecule has 2 heterocycles. The Bertz CT molecular complexity index is 639. The molecule has 2 aromatic rings. The first-order valence-corrected chi connectivity index (χ1v) is 6.33. The number of aromatic nitrogens is 1. The summed E-state index contributed by atoms with van der Waals surface area (Å²) in [5.41, 5.74) is 2.56. The summed E-state index contributed by atoms with van der Waals surface area (Å²) in [5.74, 6) is 0.707. The molecule has 96 valence electrons. The Morgan fingerprint density at radius 3 is 2.58 bits per heavy atom. The molecule has 0 fully saturated rings. The third kappa shape index (κ3) is 1.68. The highest BCUT2D eigenvalue weighted by Gasteiger charge is 2.28. The molecular formula is C15H15N3O. The van der Waals surface area contributed by atoms with Gasteiger partial charge in [-0.3, -0.25) is 4.79 Å². The van der Waals surface area contributed by atoms with E-state index in [1.54, 1.807) is 24.2 Å². The number of benzene rings is 1. The van der Waals surface area contributed by atoms with Crippen molar-refractivity contribution in [2.24, 2.45) is 0 Å². The van der Waals surface area contributed by atoms with Gasteiger partial charge in [0.2, 0.25) is 0 Å². The van der Waals surface area contributed by atoms with Crippen LogP contribution in [0.2, 0.25) is 0 Å². The Morgan fingerprint density at radius 1 is 1.11 bits per heavy atom. The monoisotopic (exact) mass is 253 g/mol. The minimum absolute atomic E-state index is 0.0218. The van der Waals surface area contributed by atoms with Crippen LogP contribution >= 0.6 is 0 Å². The van der Waals surface area contributed by atoms with Crippen molar-refractivity contribution < 1.29 is 4.79 Å². The number of hydrogen-bond donors (Lipinski definition) is 0. The average molecular weight is 253 g/mol. The summed E-state index contributed by atoms with van der Waals surface area (Å²) in [6, 6.07) is 11.5. The van der Waals surface area contributed by atoms with E-state index in [1.807, 2.05) is 30.3 Å². The second kappa shape index (κ2) is 4.39. The highest BCUT2D eigenvalue weighted by Crippen LogP contribution is 2.38. The van der Waals surface area contributed by atoms with Crippen molar-refractivity contribution in [3.63, 3.8) is 0 Å². The van der Waals surface area contributed by atoms with Gasteiger partial charge in [-0.1, -0.05) is 12.1 Å². The second-order valence-electron chi connectivity index (χ2n) is 4.47. The number of hydrogen-bond acceptors (Lipinski definition) is 3. The van der Waals surface area contributed by atoms with Crippen molar-refractivity contribution in [3.05, 3.63) is 48.2 Å².